The number of halogens is 1. The fraction of sp³-hybridized carbons (Fsp3) is 0.619. The molecule has 3 aliphatic heterocycles. The SMILES string of the molecule is CSN1CC(n2cc(CN3CCC4(C[C@@H]3C)OCCc3ccc(Cl)cc34)nn2)C1. The molecule has 29 heavy (non-hydrogen) atoms. The Hall–Kier alpha value is -1.12. The van der Waals surface area contributed by atoms with E-state index in [1.165, 1.54) is 11.1 Å². The average Bonchev–Trinajstić information content (AvgIpc) is 3.12. The van der Waals surface area contributed by atoms with Crippen molar-refractivity contribution in [2.24, 2.45) is 0 Å². The smallest absolute Gasteiger partial charge is 0.0967 e. The molecule has 2 atom stereocenters. The second-order valence-corrected chi connectivity index (χ2v) is 9.86. The highest BCUT2D eigenvalue weighted by atomic mass is 35.5. The van der Waals surface area contributed by atoms with E-state index >= 15 is 0 Å². The molecule has 5 rings (SSSR count). The molecule has 1 aromatic heterocycles. The van der Waals surface area contributed by atoms with E-state index in [1.54, 1.807) is 11.9 Å². The first kappa shape index (κ1) is 19.8. The summed E-state index contributed by atoms with van der Waals surface area (Å²) in [5, 5.41) is 9.63. The van der Waals surface area contributed by atoms with Crippen LogP contribution >= 0.6 is 23.5 Å². The van der Waals surface area contributed by atoms with E-state index in [1.807, 2.05) is 10.7 Å². The van der Waals surface area contributed by atoms with Gasteiger partial charge < -0.3 is 4.74 Å². The summed E-state index contributed by atoms with van der Waals surface area (Å²) in [6.45, 7) is 7.03. The number of ether oxygens (including phenoxy) is 1. The Morgan fingerprint density at radius 1 is 1.34 bits per heavy atom. The van der Waals surface area contributed by atoms with E-state index in [2.05, 4.69) is 51.0 Å². The van der Waals surface area contributed by atoms with Gasteiger partial charge >= 0.3 is 0 Å². The third kappa shape index (κ3) is 3.72. The van der Waals surface area contributed by atoms with Crippen LogP contribution in [0, 0.1) is 0 Å². The van der Waals surface area contributed by atoms with Crippen molar-refractivity contribution >= 4 is 23.5 Å². The van der Waals surface area contributed by atoms with Crippen LogP contribution in [0.4, 0.5) is 0 Å². The minimum Gasteiger partial charge on any atom is -0.370 e. The monoisotopic (exact) mass is 433 g/mol. The van der Waals surface area contributed by atoms with Crippen molar-refractivity contribution in [1.29, 1.82) is 0 Å². The van der Waals surface area contributed by atoms with Gasteiger partial charge in [0.1, 0.15) is 0 Å². The molecule has 2 fully saturated rings. The van der Waals surface area contributed by atoms with Crippen LogP contribution in [0.15, 0.2) is 24.4 Å². The van der Waals surface area contributed by atoms with E-state index in [0.29, 0.717) is 12.1 Å². The van der Waals surface area contributed by atoms with Crippen LogP contribution in [-0.4, -0.2) is 62.7 Å². The Labute approximate surface area is 181 Å². The maximum Gasteiger partial charge on any atom is 0.0967 e. The molecule has 0 N–H and O–H groups in total. The zero-order valence-corrected chi connectivity index (χ0v) is 18.6. The van der Waals surface area contributed by atoms with E-state index < -0.39 is 0 Å². The van der Waals surface area contributed by atoms with Gasteiger partial charge in [-0.25, -0.2) is 8.99 Å². The summed E-state index contributed by atoms with van der Waals surface area (Å²) in [6, 6.07) is 7.18. The summed E-state index contributed by atoms with van der Waals surface area (Å²) in [7, 11) is 0. The zero-order valence-electron chi connectivity index (χ0n) is 17.1. The second kappa shape index (κ2) is 7.85. The van der Waals surface area contributed by atoms with Gasteiger partial charge in [-0.2, -0.15) is 0 Å². The predicted octanol–water partition coefficient (Wildman–Crippen LogP) is 3.52. The first-order chi connectivity index (χ1) is 14.1. The molecule has 156 valence electrons. The van der Waals surface area contributed by atoms with E-state index in [4.69, 9.17) is 16.3 Å². The van der Waals surface area contributed by atoms with Crippen molar-refractivity contribution in [2.75, 3.05) is 32.5 Å². The molecule has 1 aromatic carbocycles. The first-order valence-electron chi connectivity index (χ1n) is 10.4. The fourth-order valence-electron chi connectivity index (χ4n) is 4.99. The summed E-state index contributed by atoms with van der Waals surface area (Å²) >= 11 is 8.12. The Balaban J connectivity index is 1.26. The van der Waals surface area contributed by atoms with Crippen molar-refractivity contribution in [2.45, 2.75) is 50.4 Å². The molecule has 6 nitrogen and oxygen atoms in total. The Morgan fingerprint density at radius 3 is 3.00 bits per heavy atom. The number of fused-ring (bicyclic) bond motifs is 2. The molecule has 8 heteroatoms. The molecule has 2 aromatic rings. The molecule has 0 saturated carbocycles. The number of hydrogen-bond acceptors (Lipinski definition) is 6. The summed E-state index contributed by atoms with van der Waals surface area (Å²) in [5.74, 6) is 0. The molecule has 0 radical (unpaired) electrons. The zero-order chi connectivity index (χ0) is 20.0. The quantitative estimate of drug-likeness (QED) is 0.687. The van der Waals surface area contributed by atoms with Crippen molar-refractivity contribution < 1.29 is 4.74 Å². The summed E-state index contributed by atoms with van der Waals surface area (Å²) in [5.41, 5.74) is 3.56. The number of likely N-dealkylation sites (tertiary alicyclic amines) is 1. The largest absolute Gasteiger partial charge is 0.370 e. The molecular formula is C21H28ClN5OS. The average molecular weight is 434 g/mol. The highest BCUT2D eigenvalue weighted by molar-refractivity contribution is 7.96. The normalized spacial score (nSPS) is 28.4. The fourth-order valence-corrected chi connectivity index (χ4v) is 5.81. The molecule has 3 aliphatic rings. The van der Waals surface area contributed by atoms with Crippen molar-refractivity contribution in [3.63, 3.8) is 0 Å². The summed E-state index contributed by atoms with van der Waals surface area (Å²) in [4.78, 5) is 2.51. The molecule has 0 aliphatic carbocycles. The summed E-state index contributed by atoms with van der Waals surface area (Å²) in [6.07, 6.45) is 7.20. The summed E-state index contributed by atoms with van der Waals surface area (Å²) < 4.78 is 10.8. The lowest BCUT2D eigenvalue weighted by atomic mass is 9.77. The number of hydrogen-bond donors (Lipinski definition) is 0. The molecular weight excluding hydrogens is 406 g/mol. The van der Waals surface area contributed by atoms with Crippen LogP contribution in [0.1, 0.15) is 42.6 Å². The third-order valence-corrected chi connectivity index (χ3v) is 7.80. The van der Waals surface area contributed by atoms with Gasteiger partial charge in [0.05, 0.1) is 30.1 Å². The molecule has 0 bridgehead atoms. The number of benzene rings is 1. The van der Waals surface area contributed by atoms with Crippen LogP contribution < -0.4 is 0 Å². The Bertz CT molecular complexity index is 886. The van der Waals surface area contributed by atoms with Gasteiger partial charge in [-0.15, -0.1) is 5.10 Å². The maximum atomic E-state index is 6.41. The lowest BCUT2D eigenvalue weighted by Gasteiger charge is -2.48. The van der Waals surface area contributed by atoms with Gasteiger partial charge in [0.15, 0.2) is 0 Å². The van der Waals surface area contributed by atoms with E-state index in [-0.39, 0.29) is 5.60 Å². The van der Waals surface area contributed by atoms with Crippen molar-refractivity contribution in [3.8, 4) is 0 Å². The molecule has 1 spiro atoms. The van der Waals surface area contributed by atoms with Gasteiger partial charge in [0.2, 0.25) is 0 Å². The number of nitrogens with zero attached hydrogens (tertiary/aromatic N) is 5. The maximum absolute atomic E-state index is 6.41. The highest BCUT2D eigenvalue weighted by Gasteiger charge is 2.43. The minimum atomic E-state index is -0.195. The van der Waals surface area contributed by atoms with Gasteiger partial charge in [-0.1, -0.05) is 34.8 Å². The topological polar surface area (TPSA) is 46.4 Å². The van der Waals surface area contributed by atoms with Gasteiger partial charge in [-0.05, 0) is 55.7 Å². The van der Waals surface area contributed by atoms with Gasteiger partial charge in [0, 0.05) is 37.2 Å². The van der Waals surface area contributed by atoms with E-state index in [9.17, 15) is 0 Å². The highest BCUT2D eigenvalue weighted by Crippen LogP contribution is 2.44. The number of piperidine rings is 1. The molecule has 2 saturated heterocycles. The van der Waals surface area contributed by atoms with E-state index in [0.717, 1.165) is 62.8 Å². The number of aromatic nitrogens is 3. The number of rotatable bonds is 4. The van der Waals surface area contributed by atoms with Gasteiger partial charge in [-0.3, -0.25) is 4.90 Å². The third-order valence-electron chi connectivity index (χ3n) is 6.75. The van der Waals surface area contributed by atoms with Crippen LogP contribution in [-0.2, 0) is 23.3 Å². The van der Waals surface area contributed by atoms with Gasteiger partial charge in [0.25, 0.3) is 0 Å². The lowest BCUT2D eigenvalue weighted by Crippen LogP contribution is -2.50. The van der Waals surface area contributed by atoms with Crippen LogP contribution in [0.5, 0.6) is 0 Å². The Morgan fingerprint density at radius 2 is 2.21 bits per heavy atom. The van der Waals surface area contributed by atoms with Crippen molar-refractivity contribution in [1.82, 2.24) is 24.2 Å². The first-order valence-corrected chi connectivity index (χ1v) is 12.0. The second-order valence-electron chi connectivity index (χ2n) is 8.54. The van der Waals surface area contributed by atoms with Crippen LogP contribution in [0.25, 0.3) is 0 Å². The van der Waals surface area contributed by atoms with Crippen LogP contribution in [0.2, 0.25) is 5.02 Å². The van der Waals surface area contributed by atoms with Crippen molar-refractivity contribution in [3.05, 3.63) is 46.2 Å². The minimum absolute atomic E-state index is 0.195. The Kier molecular flexibility index (Phi) is 5.37. The molecule has 1 unspecified atom stereocenters. The molecule has 4 heterocycles. The predicted molar refractivity (Wildman–Crippen MR) is 116 cm³/mol. The lowest BCUT2D eigenvalue weighted by molar-refractivity contribution is -0.113. The standard InChI is InChI=1S/C21H28ClN5OS/c1-15-10-21(20-9-17(22)4-3-16(20)5-8-28-21)6-7-25(15)11-18-12-27(24-23-18)19-13-26(14-19)29-2/h3-4,9,12,15,19H,5-8,10-11,13-14H2,1-2H3/t15-,21?/m0/s1. The van der Waals surface area contributed by atoms with Crippen LogP contribution in [0.3, 0.4) is 0 Å². The molecule has 0 amide bonds.